The highest BCUT2D eigenvalue weighted by Gasteiger charge is 2.13. The maximum atomic E-state index is 11.6. The SMILES string of the molecule is CCCCC(N)C(=O)NCCc1nc(C(=O)O)cs1. The number of carboxylic acid groups (broad SMARTS) is 1. The van der Waals surface area contributed by atoms with Crippen molar-refractivity contribution in [2.75, 3.05) is 6.54 Å². The standard InChI is InChI=1S/C12H19N3O3S/c1-2-3-4-8(13)11(16)14-6-5-10-15-9(7-19-10)12(17)18/h7-8H,2-6,13H2,1H3,(H,14,16)(H,17,18). The molecule has 0 bridgehead atoms. The summed E-state index contributed by atoms with van der Waals surface area (Å²) in [5.74, 6) is -1.20. The van der Waals surface area contributed by atoms with Crippen molar-refractivity contribution in [1.29, 1.82) is 0 Å². The van der Waals surface area contributed by atoms with E-state index in [0.29, 0.717) is 24.4 Å². The summed E-state index contributed by atoms with van der Waals surface area (Å²) >= 11 is 1.28. The monoisotopic (exact) mass is 285 g/mol. The number of nitrogens with two attached hydrogens (primary N) is 1. The second kappa shape index (κ2) is 7.85. The van der Waals surface area contributed by atoms with Gasteiger partial charge in [-0.1, -0.05) is 19.8 Å². The average molecular weight is 285 g/mol. The fourth-order valence-electron chi connectivity index (χ4n) is 1.50. The molecular formula is C12H19N3O3S. The van der Waals surface area contributed by atoms with E-state index in [1.54, 1.807) is 0 Å². The van der Waals surface area contributed by atoms with Crippen LogP contribution in [0.25, 0.3) is 0 Å². The highest BCUT2D eigenvalue weighted by atomic mass is 32.1. The molecule has 1 aromatic heterocycles. The van der Waals surface area contributed by atoms with Crippen molar-refractivity contribution in [3.8, 4) is 0 Å². The van der Waals surface area contributed by atoms with Crippen LogP contribution in [0.4, 0.5) is 0 Å². The lowest BCUT2D eigenvalue weighted by atomic mass is 10.1. The molecule has 0 saturated carbocycles. The number of carbonyl (C=O) groups is 2. The van der Waals surface area contributed by atoms with Crippen LogP contribution in [0.2, 0.25) is 0 Å². The summed E-state index contributed by atoms with van der Waals surface area (Å²) < 4.78 is 0. The second-order valence-electron chi connectivity index (χ2n) is 4.22. The van der Waals surface area contributed by atoms with Gasteiger partial charge in [-0.15, -0.1) is 11.3 Å². The van der Waals surface area contributed by atoms with E-state index >= 15 is 0 Å². The van der Waals surface area contributed by atoms with E-state index in [0.717, 1.165) is 12.8 Å². The number of aromatic carboxylic acids is 1. The van der Waals surface area contributed by atoms with Crippen molar-refractivity contribution in [2.45, 2.75) is 38.6 Å². The Morgan fingerprint density at radius 1 is 1.58 bits per heavy atom. The molecule has 1 unspecified atom stereocenters. The van der Waals surface area contributed by atoms with Crippen LogP contribution in [-0.4, -0.2) is 34.6 Å². The summed E-state index contributed by atoms with van der Waals surface area (Å²) in [4.78, 5) is 26.2. The number of unbranched alkanes of at least 4 members (excludes halogenated alkanes) is 1. The zero-order chi connectivity index (χ0) is 14.3. The number of thiazole rings is 1. The fraction of sp³-hybridized carbons (Fsp3) is 0.583. The van der Waals surface area contributed by atoms with Gasteiger partial charge in [0.2, 0.25) is 5.91 Å². The minimum Gasteiger partial charge on any atom is -0.476 e. The topological polar surface area (TPSA) is 105 Å². The first-order valence-electron chi connectivity index (χ1n) is 6.25. The van der Waals surface area contributed by atoms with Gasteiger partial charge in [-0.3, -0.25) is 4.79 Å². The van der Waals surface area contributed by atoms with E-state index in [-0.39, 0.29) is 11.6 Å². The number of nitrogens with one attached hydrogen (secondary N) is 1. The summed E-state index contributed by atoms with van der Waals surface area (Å²) in [6, 6.07) is -0.467. The van der Waals surface area contributed by atoms with Crippen molar-refractivity contribution in [3.05, 3.63) is 16.1 Å². The summed E-state index contributed by atoms with van der Waals surface area (Å²) in [6.45, 7) is 2.47. The van der Waals surface area contributed by atoms with Crippen LogP contribution in [0, 0.1) is 0 Å². The van der Waals surface area contributed by atoms with E-state index in [1.807, 2.05) is 6.92 Å². The van der Waals surface area contributed by atoms with Crippen molar-refractivity contribution < 1.29 is 14.7 Å². The van der Waals surface area contributed by atoms with Gasteiger partial charge in [0, 0.05) is 18.3 Å². The highest BCUT2D eigenvalue weighted by molar-refractivity contribution is 7.09. The Balaban J connectivity index is 2.29. The van der Waals surface area contributed by atoms with Crippen LogP contribution in [0.3, 0.4) is 0 Å². The molecule has 19 heavy (non-hydrogen) atoms. The Kier molecular flexibility index (Phi) is 6.44. The Bertz CT molecular complexity index is 434. The Hall–Kier alpha value is -1.47. The maximum Gasteiger partial charge on any atom is 0.355 e. The predicted molar refractivity (Wildman–Crippen MR) is 73.3 cm³/mol. The van der Waals surface area contributed by atoms with Crippen molar-refractivity contribution in [2.24, 2.45) is 5.73 Å². The number of hydrogen-bond acceptors (Lipinski definition) is 5. The maximum absolute atomic E-state index is 11.6. The van der Waals surface area contributed by atoms with Crippen LogP contribution in [-0.2, 0) is 11.2 Å². The molecule has 0 aliphatic carbocycles. The lowest BCUT2D eigenvalue weighted by Gasteiger charge is -2.10. The Morgan fingerprint density at radius 3 is 2.89 bits per heavy atom. The molecule has 1 heterocycles. The van der Waals surface area contributed by atoms with Crippen LogP contribution in [0.1, 0.15) is 41.7 Å². The van der Waals surface area contributed by atoms with Gasteiger partial charge < -0.3 is 16.2 Å². The summed E-state index contributed by atoms with van der Waals surface area (Å²) in [5.41, 5.74) is 5.77. The first-order valence-corrected chi connectivity index (χ1v) is 7.13. The molecule has 0 saturated heterocycles. The molecule has 1 amide bonds. The lowest BCUT2D eigenvalue weighted by Crippen LogP contribution is -2.41. The van der Waals surface area contributed by atoms with Crippen LogP contribution >= 0.6 is 11.3 Å². The molecule has 0 radical (unpaired) electrons. The van der Waals surface area contributed by atoms with Gasteiger partial charge in [0.05, 0.1) is 11.0 Å². The van der Waals surface area contributed by atoms with E-state index in [4.69, 9.17) is 10.8 Å². The third-order valence-corrected chi connectivity index (χ3v) is 3.52. The molecule has 6 nitrogen and oxygen atoms in total. The largest absolute Gasteiger partial charge is 0.476 e. The quantitative estimate of drug-likeness (QED) is 0.661. The van der Waals surface area contributed by atoms with Crippen LogP contribution in [0.15, 0.2) is 5.38 Å². The molecule has 7 heteroatoms. The molecular weight excluding hydrogens is 266 g/mol. The molecule has 0 aromatic carbocycles. The third kappa shape index (κ3) is 5.35. The van der Waals surface area contributed by atoms with Crippen molar-refractivity contribution >= 4 is 23.2 Å². The fourth-order valence-corrected chi connectivity index (χ4v) is 2.27. The van der Waals surface area contributed by atoms with Gasteiger partial charge in [0.25, 0.3) is 0 Å². The third-order valence-electron chi connectivity index (χ3n) is 2.61. The molecule has 0 aliphatic rings. The number of aromatic nitrogens is 1. The summed E-state index contributed by atoms with van der Waals surface area (Å²) in [6.07, 6.45) is 3.15. The molecule has 1 atom stereocenters. The van der Waals surface area contributed by atoms with Gasteiger partial charge in [-0.2, -0.15) is 0 Å². The Morgan fingerprint density at radius 2 is 2.32 bits per heavy atom. The van der Waals surface area contributed by atoms with Gasteiger partial charge in [0.15, 0.2) is 5.69 Å². The number of hydrogen-bond donors (Lipinski definition) is 3. The zero-order valence-electron chi connectivity index (χ0n) is 10.9. The number of carboxylic acids is 1. The second-order valence-corrected chi connectivity index (χ2v) is 5.16. The zero-order valence-corrected chi connectivity index (χ0v) is 11.7. The number of carbonyl (C=O) groups excluding carboxylic acids is 1. The lowest BCUT2D eigenvalue weighted by molar-refractivity contribution is -0.122. The van der Waals surface area contributed by atoms with Gasteiger partial charge in [0.1, 0.15) is 0 Å². The first kappa shape index (κ1) is 15.6. The van der Waals surface area contributed by atoms with Gasteiger partial charge >= 0.3 is 5.97 Å². The van der Waals surface area contributed by atoms with Gasteiger partial charge in [-0.05, 0) is 6.42 Å². The predicted octanol–water partition coefficient (Wildman–Crippen LogP) is 1.02. The average Bonchev–Trinajstić information content (AvgIpc) is 2.84. The van der Waals surface area contributed by atoms with Gasteiger partial charge in [-0.25, -0.2) is 9.78 Å². The van der Waals surface area contributed by atoms with Crippen molar-refractivity contribution in [1.82, 2.24) is 10.3 Å². The van der Waals surface area contributed by atoms with Crippen LogP contribution in [0.5, 0.6) is 0 Å². The van der Waals surface area contributed by atoms with Crippen molar-refractivity contribution in [3.63, 3.8) is 0 Å². The summed E-state index contributed by atoms with van der Waals surface area (Å²) in [7, 11) is 0. The van der Waals surface area contributed by atoms with E-state index in [2.05, 4.69) is 10.3 Å². The molecule has 0 fully saturated rings. The number of nitrogens with zero attached hydrogens (tertiary/aromatic N) is 1. The molecule has 0 aliphatic heterocycles. The van der Waals surface area contributed by atoms with E-state index in [9.17, 15) is 9.59 Å². The minimum absolute atomic E-state index is 0.0472. The molecule has 1 aromatic rings. The summed E-state index contributed by atoms with van der Waals surface area (Å²) in [5, 5.41) is 13.6. The smallest absolute Gasteiger partial charge is 0.355 e. The van der Waals surface area contributed by atoms with E-state index < -0.39 is 12.0 Å². The minimum atomic E-state index is -1.03. The van der Waals surface area contributed by atoms with Crippen LogP contribution < -0.4 is 11.1 Å². The highest BCUT2D eigenvalue weighted by Crippen LogP contribution is 2.09. The molecule has 106 valence electrons. The number of amides is 1. The molecule has 1 rings (SSSR count). The van der Waals surface area contributed by atoms with E-state index in [1.165, 1.54) is 16.7 Å². The number of rotatable bonds is 8. The molecule has 0 spiro atoms. The molecule has 4 N–H and O–H groups in total. The first-order chi connectivity index (χ1) is 9.04. The normalized spacial score (nSPS) is 12.1. The Labute approximate surface area is 116 Å².